The van der Waals surface area contributed by atoms with Crippen LogP contribution in [0, 0.1) is 13.8 Å². The Morgan fingerprint density at radius 1 is 1.25 bits per heavy atom. The van der Waals surface area contributed by atoms with Gasteiger partial charge in [-0.25, -0.2) is 0 Å². The quantitative estimate of drug-likeness (QED) is 0.925. The van der Waals surface area contributed by atoms with Crippen molar-refractivity contribution in [2.24, 2.45) is 0 Å². The van der Waals surface area contributed by atoms with E-state index in [4.69, 9.17) is 0 Å². The Morgan fingerprint density at radius 3 is 2.70 bits per heavy atom. The number of hydrogen-bond acceptors (Lipinski definition) is 2. The monoisotopic (exact) mass is 268 g/mol. The van der Waals surface area contributed by atoms with E-state index in [2.05, 4.69) is 28.9 Å². The molecule has 20 heavy (non-hydrogen) atoms. The van der Waals surface area contributed by atoms with Gasteiger partial charge in [-0.05, 0) is 38.3 Å². The van der Waals surface area contributed by atoms with Crippen molar-refractivity contribution >= 4 is 0 Å². The first-order valence-corrected chi connectivity index (χ1v) is 7.17. The number of nitrogens with one attached hydrogen (secondary N) is 1. The highest BCUT2D eigenvalue weighted by Crippen LogP contribution is 2.19. The van der Waals surface area contributed by atoms with Gasteiger partial charge in [-0.15, -0.1) is 0 Å². The van der Waals surface area contributed by atoms with Crippen LogP contribution in [0.2, 0.25) is 0 Å². The lowest BCUT2D eigenvalue weighted by Gasteiger charge is -2.15. The fourth-order valence-corrected chi connectivity index (χ4v) is 2.44. The summed E-state index contributed by atoms with van der Waals surface area (Å²) in [6.45, 7) is 4.73. The maximum absolute atomic E-state index is 12.1. The fraction of sp³-hybridized carbons (Fsp3) is 0.353. The molecule has 3 rings (SSSR count). The summed E-state index contributed by atoms with van der Waals surface area (Å²) < 4.78 is 2.11. The molecule has 0 saturated heterocycles. The molecule has 1 aromatic carbocycles. The van der Waals surface area contributed by atoms with Gasteiger partial charge in [-0.1, -0.05) is 18.2 Å². The van der Waals surface area contributed by atoms with E-state index >= 15 is 0 Å². The lowest BCUT2D eigenvalue weighted by Crippen LogP contribution is -2.23. The molecule has 1 heterocycles. The maximum atomic E-state index is 12.1. The standard InChI is InChI=1S/C17H20N2O/c1-12-5-3-4-6-16(12)19-11-14(10-18-15-7-8-15)17(20)9-13(19)2/h3-6,9,11,15,18H,7-8,10H2,1-2H3. The normalized spacial score (nSPS) is 14.5. The van der Waals surface area contributed by atoms with Crippen LogP contribution in [0.15, 0.2) is 41.3 Å². The molecule has 1 fully saturated rings. The van der Waals surface area contributed by atoms with Gasteiger partial charge in [0, 0.05) is 41.8 Å². The van der Waals surface area contributed by atoms with Gasteiger partial charge in [-0.3, -0.25) is 4.79 Å². The number of para-hydroxylation sites is 1. The molecular formula is C17H20N2O. The second kappa shape index (κ2) is 5.25. The van der Waals surface area contributed by atoms with Gasteiger partial charge in [0.25, 0.3) is 0 Å². The molecule has 0 bridgehead atoms. The van der Waals surface area contributed by atoms with E-state index in [0.29, 0.717) is 12.6 Å². The van der Waals surface area contributed by atoms with Gasteiger partial charge >= 0.3 is 0 Å². The van der Waals surface area contributed by atoms with Crippen LogP contribution in [0.1, 0.15) is 29.7 Å². The SMILES string of the molecule is Cc1ccccc1-n1cc(CNC2CC2)c(=O)cc1C. The molecule has 1 aromatic heterocycles. The van der Waals surface area contributed by atoms with Crippen molar-refractivity contribution in [1.82, 2.24) is 9.88 Å². The minimum absolute atomic E-state index is 0.125. The van der Waals surface area contributed by atoms with Crippen molar-refractivity contribution in [3.8, 4) is 5.69 Å². The predicted octanol–water partition coefficient (Wildman–Crippen LogP) is 2.71. The van der Waals surface area contributed by atoms with Crippen LogP contribution < -0.4 is 10.7 Å². The lowest BCUT2D eigenvalue weighted by atomic mass is 10.1. The van der Waals surface area contributed by atoms with Crippen LogP contribution in [0.5, 0.6) is 0 Å². The van der Waals surface area contributed by atoms with Crippen molar-refractivity contribution < 1.29 is 0 Å². The molecule has 0 spiro atoms. The third kappa shape index (κ3) is 2.68. The van der Waals surface area contributed by atoms with Crippen molar-refractivity contribution in [1.29, 1.82) is 0 Å². The van der Waals surface area contributed by atoms with E-state index in [9.17, 15) is 4.79 Å². The van der Waals surface area contributed by atoms with Crippen molar-refractivity contribution in [2.75, 3.05) is 0 Å². The van der Waals surface area contributed by atoms with E-state index < -0.39 is 0 Å². The van der Waals surface area contributed by atoms with Crippen LogP contribution in [0.25, 0.3) is 5.69 Å². The highest BCUT2D eigenvalue weighted by Gasteiger charge is 2.20. The van der Waals surface area contributed by atoms with Gasteiger partial charge in [0.1, 0.15) is 0 Å². The average molecular weight is 268 g/mol. The number of hydrogen-bond donors (Lipinski definition) is 1. The van der Waals surface area contributed by atoms with Gasteiger partial charge in [0.05, 0.1) is 0 Å². The third-order valence-corrected chi connectivity index (χ3v) is 3.85. The first-order valence-electron chi connectivity index (χ1n) is 7.17. The summed E-state index contributed by atoms with van der Waals surface area (Å²) in [4.78, 5) is 12.1. The zero-order chi connectivity index (χ0) is 14.1. The Morgan fingerprint density at radius 2 is 2.00 bits per heavy atom. The molecule has 1 saturated carbocycles. The van der Waals surface area contributed by atoms with E-state index in [1.807, 2.05) is 25.3 Å². The zero-order valence-corrected chi connectivity index (χ0v) is 12.0. The number of nitrogens with zero attached hydrogens (tertiary/aromatic N) is 1. The van der Waals surface area contributed by atoms with E-state index in [-0.39, 0.29) is 5.43 Å². The van der Waals surface area contributed by atoms with Gasteiger partial charge < -0.3 is 9.88 Å². The zero-order valence-electron chi connectivity index (χ0n) is 12.0. The summed E-state index contributed by atoms with van der Waals surface area (Å²) in [5.41, 5.74) is 4.28. The van der Waals surface area contributed by atoms with Crippen molar-refractivity contribution in [3.05, 3.63) is 63.6 Å². The van der Waals surface area contributed by atoms with E-state index in [1.54, 1.807) is 6.07 Å². The third-order valence-electron chi connectivity index (χ3n) is 3.85. The topological polar surface area (TPSA) is 34.0 Å². The second-order valence-corrected chi connectivity index (χ2v) is 5.62. The van der Waals surface area contributed by atoms with Crippen LogP contribution >= 0.6 is 0 Å². The molecular weight excluding hydrogens is 248 g/mol. The number of aromatic nitrogens is 1. The molecule has 0 aliphatic heterocycles. The summed E-state index contributed by atoms with van der Waals surface area (Å²) >= 11 is 0. The van der Waals surface area contributed by atoms with Crippen LogP contribution in [0.4, 0.5) is 0 Å². The summed E-state index contributed by atoms with van der Waals surface area (Å²) in [7, 11) is 0. The largest absolute Gasteiger partial charge is 0.320 e. The van der Waals surface area contributed by atoms with Crippen LogP contribution in [-0.4, -0.2) is 10.6 Å². The summed E-state index contributed by atoms with van der Waals surface area (Å²) in [6, 6.07) is 10.6. The average Bonchev–Trinajstić information content (AvgIpc) is 3.23. The molecule has 0 atom stereocenters. The highest BCUT2D eigenvalue weighted by molar-refractivity contribution is 5.42. The molecule has 3 heteroatoms. The fourth-order valence-electron chi connectivity index (χ4n) is 2.44. The first kappa shape index (κ1) is 13.1. The van der Waals surface area contributed by atoms with Gasteiger partial charge in [-0.2, -0.15) is 0 Å². The molecule has 1 N–H and O–H groups in total. The number of rotatable bonds is 4. The molecule has 1 aliphatic carbocycles. The molecule has 0 radical (unpaired) electrons. The highest BCUT2D eigenvalue weighted by atomic mass is 16.1. The van der Waals surface area contributed by atoms with Crippen LogP contribution in [-0.2, 0) is 6.54 Å². The Hall–Kier alpha value is -1.87. The molecule has 0 unspecified atom stereocenters. The Kier molecular flexibility index (Phi) is 3.45. The Bertz CT molecular complexity index is 684. The van der Waals surface area contributed by atoms with E-state index in [1.165, 1.54) is 18.4 Å². The number of benzene rings is 1. The molecule has 0 amide bonds. The van der Waals surface area contributed by atoms with E-state index in [0.717, 1.165) is 16.9 Å². The summed E-state index contributed by atoms with van der Waals surface area (Å²) in [6.07, 6.45) is 4.45. The number of aryl methyl sites for hydroxylation is 2. The van der Waals surface area contributed by atoms with Crippen LogP contribution in [0.3, 0.4) is 0 Å². The summed E-state index contributed by atoms with van der Waals surface area (Å²) in [5.74, 6) is 0. The lowest BCUT2D eigenvalue weighted by molar-refractivity contribution is 0.679. The minimum atomic E-state index is 0.125. The van der Waals surface area contributed by atoms with Gasteiger partial charge in [0.15, 0.2) is 5.43 Å². The van der Waals surface area contributed by atoms with Crippen molar-refractivity contribution in [3.63, 3.8) is 0 Å². The summed E-state index contributed by atoms with van der Waals surface area (Å²) in [5, 5.41) is 3.41. The first-order chi connectivity index (χ1) is 9.65. The predicted molar refractivity (Wildman–Crippen MR) is 81.4 cm³/mol. The van der Waals surface area contributed by atoms with Crippen molar-refractivity contribution in [2.45, 2.75) is 39.3 Å². The Labute approximate surface area is 119 Å². The molecule has 1 aliphatic rings. The minimum Gasteiger partial charge on any atom is -0.320 e. The number of pyridine rings is 1. The second-order valence-electron chi connectivity index (χ2n) is 5.62. The maximum Gasteiger partial charge on any atom is 0.186 e. The Balaban J connectivity index is 1.99. The molecule has 3 nitrogen and oxygen atoms in total. The smallest absolute Gasteiger partial charge is 0.186 e. The van der Waals surface area contributed by atoms with Gasteiger partial charge in [0.2, 0.25) is 0 Å². The molecule has 2 aromatic rings. The molecule has 104 valence electrons.